The summed E-state index contributed by atoms with van der Waals surface area (Å²) < 4.78 is 40.1. The van der Waals surface area contributed by atoms with Crippen molar-refractivity contribution < 1.29 is 18.2 Å². The van der Waals surface area contributed by atoms with Gasteiger partial charge in [-0.3, -0.25) is 0 Å². The molecule has 0 fully saturated rings. The summed E-state index contributed by atoms with van der Waals surface area (Å²) >= 11 is 1.25. The van der Waals surface area contributed by atoms with Crippen molar-refractivity contribution in [3.8, 4) is 6.07 Å². The molecule has 1 aliphatic rings. The fraction of sp³-hybridized carbons (Fsp3) is 0.333. The summed E-state index contributed by atoms with van der Waals surface area (Å²) in [6.45, 7) is 1.97. The van der Waals surface area contributed by atoms with Gasteiger partial charge in [0.25, 0.3) is 10.7 Å². The maximum Gasteiger partial charge on any atom is 0.477 e. The molecule has 1 N–H and O–H groups in total. The molecule has 6 heteroatoms. The van der Waals surface area contributed by atoms with Crippen molar-refractivity contribution in [2.24, 2.45) is 0 Å². The van der Waals surface area contributed by atoms with Gasteiger partial charge in [0.2, 0.25) is 0 Å². The highest BCUT2D eigenvalue weighted by atomic mass is 32.2. The number of pyridine rings is 1. The number of hydrogen-bond acceptors (Lipinski definition) is 2. The van der Waals surface area contributed by atoms with Crippen LogP contribution in [-0.2, 0) is 24.8 Å². The van der Waals surface area contributed by atoms with Gasteiger partial charge in [-0.2, -0.15) is 23.4 Å². The van der Waals surface area contributed by atoms with Crippen LogP contribution in [0.25, 0.3) is 0 Å². The second-order valence-electron chi connectivity index (χ2n) is 5.90. The molecular formula is C18H16F3N2S+. The molecule has 1 heterocycles. The Labute approximate surface area is 142 Å². The average Bonchev–Trinajstić information content (AvgIpc) is 3.00. The van der Waals surface area contributed by atoms with Gasteiger partial charge < -0.3 is 0 Å². The monoisotopic (exact) mass is 349 g/mol. The minimum atomic E-state index is -4.43. The molecule has 0 radical (unpaired) electrons. The Kier molecular flexibility index (Phi) is 4.55. The molecule has 2 nitrogen and oxygen atoms in total. The molecule has 1 aliphatic carbocycles. The lowest BCUT2D eigenvalue weighted by atomic mass is 10.0. The van der Waals surface area contributed by atoms with Crippen molar-refractivity contribution in [3.63, 3.8) is 0 Å². The topological polar surface area (TPSA) is 37.9 Å². The Balaban J connectivity index is 1.99. The van der Waals surface area contributed by atoms with Crippen molar-refractivity contribution >= 4 is 11.8 Å². The average molecular weight is 349 g/mol. The summed E-state index contributed by atoms with van der Waals surface area (Å²) in [6, 6.07) is 9.93. The number of fused-ring (bicyclic) bond motifs is 1. The summed E-state index contributed by atoms with van der Waals surface area (Å²) in [5.74, 6) is 0.517. The summed E-state index contributed by atoms with van der Waals surface area (Å²) in [5, 5.41) is 9.77. The number of alkyl halides is 3. The first kappa shape index (κ1) is 16.8. The summed E-state index contributed by atoms with van der Waals surface area (Å²) in [4.78, 5) is 2.50. The zero-order valence-corrected chi connectivity index (χ0v) is 13.9. The van der Waals surface area contributed by atoms with Gasteiger partial charge in [0.15, 0.2) is 0 Å². The highest BCUT2D eigenvalue weighted by molar-refractivity contribution is 7.98. The molecule has 124 valence electrons. The number of rotatable bonds is 3. The number of hydrogen-bond donors (Lipinski definition) is 0. The van der Waals surface area contributed by atoms with Gasteiger partial charge in [0.1, 0.15) is 11.6 Å². The smallest absolute Gasteiger partial charge is 0.194 e. The number of benzene rings is 1. The van der Waals surface area contributed by atoms with Crippen LogP contribution in [0.15, 0.2) is 29.3 Å². The van der Waals surface area contributed by atoms with Gasteiger partial charge in [-0.25, -0.2) is 0 Å². The van der Waals surface area contributed by atoms with E-state index in [1.54, 1.807) is 0 Å². The Morgan fingerprint density at radius 3 is 2.67 bits per heavy atom. The molecule has 0 aliphatic heterocycles. The Morgan fingerprint density at radius 1 is 1.25 bits per heavy atom. The van der Waals surface area contributed by atoms with Crippen LogP contribution in [0.5, 0.6) is 0 Å². The molecule has 1 aromatic carbocycles. The predicted molar refractivity (Wildman–Crippen MR) is 85.5 cm³/mol. The van der Waals surface area contributed by atoms with Crippen molar-refractivity contribution in [3.05, 3.63) is 57.8 Å². The lowest BCUT2D eigenvalue weighted by molar-refractivity contribution is -0.467. The van der Waals surface area contributed by atoms with E-state index in [1.807, 2.05) is 31.2 Å². The summed E-state index contributed by atoms with van der Waals surface area (Å²) in [5.41, 5.74) is 2.62. The maximum atomic E-state index is 13.4. The molecular weight excluding hydrogens is 333 g/mol. The third kappa shape index (κ3) is 3.27. The van der Waals surface area contributed by atoms with Crippen LogP contribution in [0.3, 0.4) is 0 Å². The molecule has 0 spiro atoms. The van der Waals surface area contributed by atoms with Gasteiger partial charge in [-0.15, -0.1) is 0 Å². The zero-order valence-electron chi connectivity index (χ0n) is 13.1. The van der Waals surface area contributed by atoms with E-state index in [0.717, 1.165) is 11.1 Å². The number of H-pyrrole nitrogens is 1. The number of nitrogens with zero attached hydrogens (tertiary/aromatic N) is 1. The van der Waals surface area contributed by atoms with Crippen molar-refractivity contribution in [2.75, 3.05) is 0 Å². The molecule has 3 rings (SSSR count). The minimum absolute atomic E-state index is 0.263. The van der Waals surface area contributed by atoms with E-state index < -0.39 is 11.9 Å². The first-order valence-corrected chi connectivity index (χ1v) is 8.65. The van der Waals surface area contributed by atoms with E-state index in [-0.39, 0.29) is 5.56 Å². The molecule has 0 saturated carbocycles. The highest BCUT2D eigenvalue weighted by Gasteiger charge is 2.44. The maximum absolute atomic E-state index is 13.4. The normalized spacial score (nSPS) is 13.6. The van der Waals surface area contributed by atoms with E-state index in [9.17, 15) is 18.4 Å². The molecule has 0 amide bonds. The number of thioether (sulfide) groups is 1. The van der Waals surface area contributed by atoms with Crippen LogP contribution in [0.2, 0.25) is 0 Å². The molecule has 0 bridgehead atoms. The fourth-order valence-corrected chi connectivity index (χ4v) is 4.09. The quantitative estimate of drug-likeness (QED) is 0.766. The predicted octanol–water partition coefficient (Wildman–Crippen LogP) is 4.48. The lowest BCUT2D eigenvalue weighted by Gasteiger charge is -2.10. The first-order valence-electron chi connectivity index (χ1n) is 7.67. The summed E-state index contributed by atoms with van der Waals surface area (Å²) in [6.07, 6.45) is -2.86. The van der Waals surface area contributed by atoms with Gasteiger partial charge in [-0.05, 0) is 37.3 Å². The van der Waals surface area contributed by atoms with Crippen molar-refractivity contribution in [1.29, 1.82) is 5.26 Å². The highest BCUT2D eigenvalue weighted by Crippen LogP contribution is 2.38. The van der Waals surface area contributed by atoms with E-state index in [1.165, 1.54) is 11.8 Å². The minimum Gasteiger partial charge on any atom is -0.194 e. The number of nitrogens with one attached hydrogen (secondary N) is 1. The van der Waals surface area contributed by atoms with Gasteiger partial charge >= 0.3 is 6.18 Å². The van der Waals surface area contributed by atoms with Crippen LogP contribution >= 0.6 is 11.8 Å². The van der Waals surface area contributed by atoms with Gasteiger partial charge in [0.05, 0.1) is 0 Å². The molecule has 24 heavy (non-hydrogen) atoms. The van der Waals surface area contributed by atoms with Gasteiger partial charge in [0, 0.05) is 11.3 Å². The fourth-order valence-electron chi connectivity index (χ4n) is 3.11. The van der Waals surface area contributed by atoms with E-state index in [4.69, 9.17) is 0 Å². The third-order valence-corrected chi connectivity index (χ3v) is 5.22. The molecule has 0 saturated heterocycles. The first-order chi connectivity index (χ1) is 11.4. The van der Waals surface area contributed by atoms with Crippen molar-refractivity contribution in [1.82, 2.24) is 0 Å². The standard InChI is InChI=1S/C18H15F3N2S/c1-11-4-2-5-12(8-11)10-24-17-15(9-22)13-6-3-7-14(13)16(23-17)18(19,20)21/h2,4-5,8H,3,6-7,10H2,1H3/p+1. The molecule has 0 atom stereocenters. The third-order valence-electron chi connectivity index (χ3n) is 4.15. The lowest BCUT2D eigenvalue weighted by Crippen LogP contribution is -2.27. The van der Waals surface area contributed by atoms with Crippen molar-refractivity contribution in [2.45, 2.75) is 43.1 Å². The van der Waals surface area contributed by atoms with E-state index in [2.05, 4.69) is 11.1 Å². The van der Waals surface area contributed by atoms with E-state index in [0.29, 0.717) is 41.2 Å². The molecule has 2 aromatic rings. The van der Waals surface area contributed by atoms with Crippen LogP contribution < -0.4 is 4.98 Å². The van der Waals surface area contributed by atoms with E-state index >= 15 is 0 Å². The van der Waals surface area contributed by atoms with Crippen LogP contribution in [0, 0.1) is 18.3 Å². The van der Waals surface area contributed by atoms with Crippen LogP contribution in [0.1, 0.15) is 39.9 Å². The largest absolute Gasteiger partial charge is 0.477 e. The zero-order chi connectivity index (χ0) is 17.3. The summed E-state index contributed by atoms with van der Waals surface area (Å²) in [7, 11) is 0. The van der Waals surface area contributed by atoms with Crippen LogP contribution in [0.4, 0.5) is 13.2 Å². The number of aromatic nitrogens is 1. The Bertz CT molecular complexity index is 822. The number of halogens is 3. The second-order valence-corrected chi connectivity index (χ2v) is 6.89. The number of aromatic amines is 1. The molecule has 1 aromatic heterocycles. The van der Waals surface area contributed by atoms with Gasteiger partial charge in [-0.1, -0.05) is 41.6 Å². The van der Waals surface area contributed by atoms with Crippen LogP contribution in [-0.4, -0.2) is 0 Å². The molecule has 0 unspecified atom stereocenters. The second kappa shape index (κ2) is 6.48. The Hall–Kier alpha value is -2.00. The number of nitriles is 1. The number of aryl methyl sites for hydroxylation is 1. The SMILES string of the molecule is Cc1cccc(CSc2[nH+]c(C(F)(F)F)c3c(c2C#N)CCC3)c1. The Morgan fingerprint density at radius 2 is 2.00 bits per heavy atom.